The number of nitrogens with zero attached hydrogens (tertiary/aromatic N) is 2. The lowest BCUT2D eigenvalue weighted by Gasteiger charge is -2.22. The van der Waals surface area contributed by atoms with Gasteiger partial charge in [0.15, 0.2) is 0 Å². The number of amides is 2. The highest BCUT2D eigenvalue weighted by Crippen LogP contribution is 2.05. The molecule has 2 N–H and O–H groups in total. The normalized spacial score (nSPS) is 10.1. The summed E-state index contributed by atoms with van der Waals surface area (Å²) < 4.78 is 0. The molecule has 0 saturated heterocycles. The smallest absolute Gasteiger partial charge is 0.323 e. The summed E-state index contributed by atoms with van der Waals surface area (Å²) in [6.07, 6.45) is 2.37. The zero-order valence-electron chi connectivity index (χ0n) is 11.8. The lowest BCUT2D eigenvalue weighted by Crippen LogP contribution is -2.38. The molecule has 0 saturated carbocycles. The minimum atomic E-state index is -0.251. The Labute approximate surface area is 124 Å². The third kappa shape index (κ3) is 4.89. The van der Waals surface area contributed by atoms with Crippen LogP contribution in [0.4, 0.5) is 10.6 Å². The average molecular weight is 285 g/mol. The van der Waals surface area contributed by atoms with Gasteiger partial charge in [0.05, 0.1) is 6.61 Å². The summed E-state index contributed by atoms with van der Waals surface area (Å²) in [5.74, 6) is 0.505. The number of carbonyl (C=O) groups excluding carboxylic acids is 1. The van der Waals surface area contributed by atoms with E-state index in [4.69, 9.17) is 5.11 Å². The van der Waals surface area contributed by atoms with Crippen molar-refractivity contribution in [2.45, 2.75) is 6.42 Å². The summed E-state index contributed by atoms with van der Waals surface area (Å²) in [5, 5.41) is 11.8. The van der Waals surface area contributed by atoms with E-state index in [0.717, 1.165) is 12.0 Å². The van der Waals surface area contributed by atoms with Gasteiger partial charge in [-0.3, -0.25) is 5.32 Å². The highest BCUT2D eigenvalue weighted by atomic mass is 16.3. The number of aliphatic hydroxyl groups excluding tert-OH is 1. The summed E-state index contributed by atoms with van der Waals surface area (Å²) in [7, 11) is 0. The fourth-order valence-corrected chi connectivity index (χ4v) is 1.97. The van der Waals surface area contributed by atoms with Crippen molar-refractivity contribution in [2.24, 2.45) is 0 Å². The molecule has 2 aromatic rings. The second-order valence-corrected chi connectivity index (χ2v) is 4.59. The van der Waals surface area contributed by atoms with Crippen LogP contribution in [0.15, 0.2) is 54.7 Å². The molecule has 2 rings (SSSR count). The molecule has 110 valence electrons. The molecule has 0 aliphatic carbocycles. The summed E-state index contributed by atoms with van der Waals surface area (Å²) in [4.78, 5) is 17.8. The fourth-order valence-electron chi connectivity index (χ4n) is 1.97. The Kier molecular flexibility index (Phi) is 5.72. The van der Waals surface area contributed by atoms with Gasteiger partial charge in [0.2, 0.25) is 0 Å². The van der Waals surface area contributed by atoms with Crippen LogP contribution >= 0.6 is 0 Å². The first-order valence-electron chi connectivity index (χ1n) is 6.91. The number of anilines is 1. The second-order valence-electron chi connectivity index (χ2n) is 4.59. The minimum Gasteiger partial charge on any atom is -0.395 e. The molecular formula is C16H19N3O2. The van der Waals surface area contributed by atoms with Crippen molar-refractivity contribution < 1.29 is 9.90 Å². The van der Waals surface area contributed by atoms with E-state index in [1.165, 1.54) is 0 Å². The maximum Gasteiger partial charge on any atom is 0.323 e. The molecule has 0 radical (unpaired) electrons. The molecule has 0 unspecified atom stereocenters. The molecule has 21 heavy (non-hydrogen) atoms. The van der Waals surface area contributed by atoms with Gasteiger partial charge in [-0.1, -0.05) is 36.4 Å². The summed E-state index contributed by atoms with van der Waals surface area (Å²) in [5.41, 5.74) is 1.16. The number of aliphatic hydroxyl groups is 1. The number of aromatic nitrogens is 1. The van der Waals surface area contributed by atoms with E-state index in [1.807, 2.05) is 36.4 Å². The molecule has 0 atom stereocenters. The van der Waals surface area contributed by atoms with Crippen molar-refractivity contribution in [1.82, 2.24) is 9.88 Å². The van der Waals surface area contributed by atoms with Gasteiger partial charge in [0.1, 0.15) is 5.82 Å². The number of benzene rings is 1. The molecule has 5 nitrogen and oxygen atoms in total. The first-order chi connectivity index (χ1) is 10.3. The number of pyridine rings is 1. The molecule has 0 bridgehead atoms. The maximum absolute atomic E-state index is 12.2. The molecule has 5 heteroatoms. The molecule has 0 aliphatic heterocycles. The first-order valence-corrected chi connectivity index (χ1v) is 6.91. The predicted octanol–water partition coefficient (Wildman–Crippen LogP) is 2.15. The number of rotatable bonds is 6. The van der Waals surface area contributed by atoms with Crippen LogP contribution in [-0.2, 0) is 6.42 Å². The van der Waals surface area contributed by atoms with Gasteiger partial charge in [-0.05, 0) is 24.1 Å². The van der Waals surface area contributed by atoms with Crippen molar-refractivity contribution in [1.29, 1.82) is 0 Å². The van der Waals surface area contributed by atoms with Gasteiger partial charge in [-0.25, -0.2) is 9.78 Å². The summed E-state index contributed by atoms with van der Waals surface area (Å²) in [6.45, 7) is 0.777. The lowest BCUT2D eigenvalue weighted by atomic mass is 10.1. The molecule has 2 amide bonds. The Hall–Kier alpha value is -2.40. The molecule has 0 spiro atoms. The topological polar surface area (TPSA) is 65.5 Å². The largest absolute Gasteiger partial charge is 0.395 e. The van der Waals surface area contributed by atoms with Crippen LogP contribution in [-0.4, -0.2) is 40.7 Å². The van der Waals surface area contributed by atoms with Gasteiger partial charge < -0.3 is 10.0 Å². The van der Waals surface area contributed by atoms with E-state index < -0.39 is 0 Å². The standard InChI is InChI=1S/C16H19N3O2/c20-13-12-19(11-9-14-6-2-1-3-7-14)16(21)18-15-8-4-5-10-17-15/h1-8,10,20H,9,11-13H2,(H,17,18,21). The van der Waals surface area contributed by atoms with E-state index >= 15 is 0 Å². The van der Waals surface area contributed by atoms with Crippen LogP contribution in [0.25, 0.3) is 0 Å². The Morgan fingerprint density at radius 3 is 2.52 bits per heavy atom. The maximum atomic E-state index is 12.2. The van der Waals surface area contributed by atoms with Crippen molar-refractivity contribution >= 4 is 11.8 Å². The van der Waals surface area contributed by atoms with Gasteiger partial charge in [0, 0.05) is 19.3 Å². The third-order valence-electron chi connectivity index (χ3n) is 3.07. The third-order valence-corrected chi connectivity index (χ3v) is 3.07. The van der Waals surface area contributed by atoms with Crippen molar-refractivity contribution in [2.75, 3.05) is 25.0 Å². The van der Waals surface area contributed by atoms with Gasteiger partial charge in [-0.15, -0.1) is 0 Å². The van der Waals surface area contributed by atoms with Gasteiger partial charge in [-0.2, -0.15) is 0 Å². The Bertz CT molecular complexity index is 546. The Morgan fingerprint density at radius 2 is 1.86 bits per heavy atom. The zero-order chi connectivity index (χ0) is 14.9. The molecular weight excluding hydrogens is 266 g/mol. The number of hydrogen-bond acceptors (Lipinski definition) is 3. The van der Waals surface area contributed by atoms with Crippen LogP contribution in [0.1, 0.15) is 5.56 Å². The highest BCUT2D eigenvalue weighted by Gasteiger charge is 2.13. The predicted molar refractivity (Wildman–Crippen MR) is 82.1 cm³/mol. The molecule has 1 heterocycles. The van der Waals surface area contributed by atoms with Crippen LogP contribution in [0.5, 0.6) is 0 Å². The molecule has 0 fully saturated rings. The van der Waals surface area contributed by atoms with E-state index in [2.05, 4.69) is 10.3 Å². The summed E-state index contributed by atoms with van der Waals surface area (Å²) >= 11 is 0. The van der Waals surface area contributed by atoms with E-state index in [1.54, 1.807) is 23.2 Å². The van der Waals surface area contributed by atoms with Crippen LogP contribution in [0.2, 0.25) is 0 Å². The molecule has 1 aromatic carbocycles. The van der Waals surface area contributed by atoms with Crippen LogP contribution in [0.3, 0.4) is 0 Å². The second kappa shape index (κ2) is 8.01. The monoisotopic (exact) mass is 285 g/mol. The number of nitrogens with one attached hydrogen (secondary N) is 1. The van der Waals surface area contributed by atoms with Gasteiger partial charge >= 0.3 is 6.03 Å². The minimum absolute atomic E-state index is 0.0651. The van der Waals surface area contributed by atoms with E-state index in [9.17, 15) is 4.79 Å². The summed E-state index contributed by atoms with van der Waals surface area (Å²) in [6, 6.07) is 15.0. The highest BCUT2D eigenvalue weighted by molar-refractivity contribution is 5.88. The quantitative estimate of drug-likeness (QED) is 0.854. The zero-order valence-corrected chi connectivity index (χ0v) is 11.8. The molecule has 0 aliphatic rings. The fraction of sp³-hybridized carbons (Fsp3) is 0.250. The van der Waals surface area contributed by atoms with Gasteiger partial charge in [0.25, 0.3) is 0 Å². The van der Waals surface area contributed by atoms with E-state index in [-0.39, 0.29) is 12.6 Å². The SMILES string of the molecule is O=C(Nc1ccccn1)N(CCO)CCc1ccccc1. The lowest BCUT2D eigenvalue weighted by molar-refractivity contribution is 0.189. The van der Waals surface area contributed by atoms with Crippen LogP contribution in [0, 0.1) is 0 Å². The Balaban J connectivity index is 1.93. The number of hydrogen-bond donors (Lipinski definition) is 2. The van der Waals surface area contributed by atoms with Crippen LogP contribution < -0.4 is 5.32 Å². The van der Waals surface area contributed by atoms with Crippen molar-refractivity contribution in [3.8, 4) is 0 Å². The number of urea groups is 1. The van der Waals surface area contributed by atoms with Crippen molar-refractivity contribution in [3.63, 3.8) is 0 Å². The van der Waals surface area contributed by atoms with E-state index in [0.29, 0.717) is 18.9 Å². The van der Waals surface area contributed by atoms with Crippen molar-refractivity contribution in [3.05, 3.63) is 60.3 Å². The Morgan fingerprint density at radius 1 is 1.10 bits per heavy atom. The number of carbonyl (C=O) groups is 1. The molecule has 1 aromatic heterocycles. The first kappa shape index (κ1) is 15.0. The average Bonchev–Trinajstić information content (AvgIpc) is 2.53.